The van der Waals surface area contributed by atoms with Gasteiger partial charge in [-0.15, -0.1) is 6.58 Å². The standard InChI is InChI=1S/C9H8FNO3.C3H6/c10-7-3-1-6(2-4-7)9(14)11-5-8(12)13;1-3-2/h1-4H,5H2,(H,11,14)(H,12,13);3H,1H2,2H3. The van der Waals surface area contributed by atoms with E-state index in [1.54, 1.807) is 6.08 Å². The third-order valence-electron chi connectivity index (χ3n) is 1.51. The third kappa shape index (κ3) is 6.83. The van der Waals surface area contributed by atoms with Gasteiger partial charge in [0.05, 0.1) is 0 Å². The summed E-state index contributed by atoms with van der Waals surface area (Å²) >= 11 is 0. The fraction of sp³-hybridized carbons (Fsp3) is 0.167. The maximum absolute atomic E-state index is 12.4. The average Bonchev–Trinajstić information content (AvgIpc) is 2.28. The average molecular weight is 239 g/mol. The monoisotopic (exact) mass is 239 g/mol. The fourth-order valence-corrected chi connectivity index (χ4v) is 0.859. The lowest BCUT2D eigenvalue weighted by Crippen LogP contribution is -2.29. The van der Waals surface area contributed by atoms with Crippen LogP contribution in [0.3, 0.4) is 0 Å². The van der Waals surface area contributed by atoms with Gasteiger partial charge in [0.15, 0.2) is 0 Å². The van der Waals surface area contributed by atoms with Gasteiger partial charge in [-0.05, 0) is 31.2 Å². The molecular weight excluding hydrogens is 225 g/mol. The molecule has 0 aliphatic heterocycles. The zero-order valence-corrected chi connectivity index (χ0v) is 9.44. The molecule has 0 aliphatic carbocycles. The second kappa shape index (κ2) is 8.04. The zero-order valence-electron chi connectivity index (χ0n) is 9.44. The third-order valence-corrected chi connectivity index (χ3v) is 1.51. The van der Waals surface area contributed by atoms with E-state index in [1.807, 2.05) is 6.92 Å². The number of rotatable bonds is 3. The summed E-state index contributed by atoms with van der Waals surface area (Å²) in [5, 5.41) is 10.4. The van der Waals surface area contributed by atoms with Crippen molar-refractivity contribution in [2.24, 2.45) is 0 Å². The number of carbonyl (C=O) groups is 2. The highest BCUT2D eigenvalue weighted by molar-refractivity contribution is 5.95. The predicted molar refractivity (Wildman–Crippen MR) is 62.2 cm³/mol. The minimum Gasteiger partial charge on any atom is -0.480 e. The Morgan fingerprint density at radius 2 is 1.88 bits per heavy atom. The van der Waals surface area contributed by atoms with Gasteiger partial charge in [0.2, 0.25) is 0 Å². The molecule has 0 aromatic heterocycles. The maximum atomic E-state index is 12.4. The number of hydrogen-bond acceptors (Lipinski definition) is 2. The van der Waals surface area contributed by atoms with Crippen LogP contribution in [-0.4, -0.2) is 23.5 Å². The zero-order chi connectivity index (χ0) is 13.3. The number of amides is 1. The van der Waals surface area contributed by atoms with E-state index < -0.39 is 24.2 Å². The van der Waals surface area contributed by atoms with Crippen molar-refractivity contribution < 1.29 is 19.1 Å². The predicted octanol–water partition coefficient (Wildman–Crippen LogP) is 1.83. The molecular formula is C12H14FNO3. The molecule has 2 N–H and O–H groups in total. The molecule has 0 spiro atoms. The van der Waals surface area contributed by atoms with Crippen LogP contribution in [0.5, 0.6) is 0 Å². The molecule has 1 aromatic rings. The van der Waals surface area contributed by atoms with Crippen LogP contribution in [0.4, 0.5) is 4.39 Å². The van der Waals surface area contributed by atoms with Crippen molar-refractivity contribution in [3.05, 3.63) is 48.3 Å². The largest absolute Gasteiger partial charge is 0.480 e. The van der Waals surface area contributed by atoms with E-state index in [4.69, 9.17) is 5.11 Å². The molecule has 0 aliphatic rings. The van der Waals surface area contributed by atoms with Gasteiger partial charge in [-0.3, -0.25) is 9.59 Å². The van der Waals surface area contributed by atoms with Crippen molar-refractivity contribution in [2.45, 2.75) is 6.92 Å². The van der Waals surface area contributed by atoms with E-state index in [0.29, 0.717) is 0 Å². The van der Waals surface area contributed by atoms with Crippen LogP contribution in [-0.2, 0) is 4.79 Å². The van der Waals surface area contributed by atoms with E-state index in [0.717, 1.165) is 12.1 Å². The van der Waals surface area contributed by atoms with E-state index in [1.165, 1.54) is 12.1 Å². The smallest absolute Gasteiger partial charge is 0.322 e. The van der Waals surface area contributed by atoms with Crippen molar-refractivity contribution in [1.29, 1.82) is 0 Å². The minimum absolute atomic E-state index is 0.229. The summed E-state index contributed by atoms with van der Waals surface area (Å²) in [4.78, 5) is 21.3. The van der Waals surface area contributed by atoms with E-state index in [-0.39, 0.29) is 5.56 Å². The van der Waals surface area contributed by atoms with Crippen molar-refractivity contribution in [2.75, 3.05) is 6.54 Å². The highest BCUT2D eigenvalue weighted by Crippen LogP contribution is 2.01. The Bertz CT molecular complexity index is 387. The van der Waals surface area contributed by atoms with Gasteiger partial charge in [-0.2, -0.15) is 0 Å². The first-order chi connectivity index (χ1) is 8.01. The molecule has 0 saturated heterocycles. The number of halogens is 1. The normalized spacial score (nSPS) is 8.59. The molecule has 0 unspecified atom stereocenters. The second-order valence-corrected chi connectivity index (χ2v) is 2.99. The lowest BCUT2D eigenvalue weighted by Gasteiger charge is -2.01. The van der Waals surface area contributed by atoms with Gasteiger partial charge in [-0.1, -0.05) is 6.08 Å². The highest BCUT2D eigenvalue weighted by Gasteiger charge is 2.06. The first kappa shape index (κ1) is 14.8. The number of aliphatic carboxylic acids is 1. The molecule has 0 atom stereocenters. The number of carboxylic acids is 1. The molecule has 0 radical (unpaired) electrons. The van der Waals surface area contributed by atoms with Crippen molar-refractivity contribution in [1.82, 2.24) is 5.32 Å². The fourth-order valence-electron chi connectivity index (χ4n) is 0.859. The lowest BCUT2D eigenvalue weighted by atomic mass is 10.2. The summed E-state index contributed by atoms with van der Waals surface area (Å²) in [6.07, 6.45) is 1.75. The molecule has 17 heavy (non-hydrogen) atoms. The Kier molecular flexibility index (Phi) is 7.01. The molecule has 5 heteroatoms. The Morgan fingerprint density at radius 3 is 2.29 bits per heavy atom. The summed E-state index contributed by atoms with van der Waals surface area (Å²) < 4.78 is 12.4. The second-order valence-electron chi connectivity index (χ2n) is 2.99. The first-order valence-corrected chi connectivity index (χ1v) is 4.83. The molecule has 0 fully saturated rings. The summed E-state index contributed by atoms with van der Waals surface area (Å²) in [7, 11) is 0. The Morgan fingerprint density at radius 1 is 1.41 bits per heavy atom. The van der Waals surface area contributed by atoms with E-state index >= 15 is 0 Å². The van der Waals surface area contributed by atoms with Gasteiger partial charge in [0.25, 0.3) is 5.91 Å². The van der Waals surface area contributed by atoms with Crippen LogP contribution < -0.4 is 5.32 Å². The summed E-state index contributed by atoms with van der Waals surface area (Å²) in [6, 6.07) is 4.84. The Hall–Kier alpha value is -2.17. The molecule has 0 saturated carbocycles. The number of nitrogens with one attached hydrogen (secondary N) is 1. The molecule has 4 nitrogen and oxygen atoms in total. The van der Waals surface area contributed by atoms with Crippen molar-refractivity contribution >= 4 is 11.9 Å². The number of allylic oxidation sites excluding steroid dienone is 1. The van der Waals surface area contributed by atoms with Gasteiger partial charge < -0.3 is 10.4 Å². The summed E-state index contributed by atoms with van der Waals surface area (Å²) in [5.74, 6) is -2.10. The number of carbonyl (C=O) groups excluding carboxylic acids is 1. The van der Waals surface area contributed by atoms with Crippen molar-refractivity contribution in [3.8, 4) is 0 Å². The molecule has 0 bridgehead atoms. The van der Waals surface area contributed by atoms with Gasteiger partial charge in [0.1, 0.15) is 12.4 Å². The van der Waals surface area contributed by atoms with E-state index in [2.05, 4.69) is 11.9 Å². The summed E-state index contributed by atoms with van der Waals surface area (Å²) in [5.41, 5.74) is 0.229. The SMILES string of the molecule is C=CC.O=C(O)CNC(=O)c1ccc(F)cc1. The Balaban J connectivity index is 0.000000770. The van der Waals surface area contributed by atoms with Crippen LogP contribution in [0.1, 0.15) is 17.3 Å². The number of hydrogen-bond donors (Lipinski definition) is 2. The first-order valence-electron chi connectivity index (χ1n) is 4.83. The van der Waals surface area contributed by atoms with Crippen LogP contribution >= 0.6 is 0 Å². The van der Waals surface area contributed by atoms with Gasteiger partial charge in [-0.25, -0.2) is 4.39 Å². The van der Waals surface area contributed by atoms with Gasteiger partial charge in [0, 0.05) is 5.56 Å². The van der Waals surface area contributed by atoms with Crippen LogP contribution in [0.2, 0.25) is 0 Å². The van der Waals surface area contributed by atoms with Crippen LogP contribution in [0.15, 0.2) is 36.9 Å². The lowest BCUT2D eigenvalue weighted by molar-refractivity contribution is -0.135. The number of benzene rings is 1. The minimum atomic E-state index is -1.12. The molecule has 0 heterocycles. The maximum Gasteiger partial charge on any atom is 0.322 e. The van der Waals surface area contributed by atoms with Crippen LogP contribution in [0.25, 0.3) is 0 Å². The van der Waals surface area contributed by atoms with Gasteiger partial charge >= 0.3 is 5.97 Å². The summed E-state index contributed by atoms with van der Waals surface area (Å²) in [6.45, 7) is 4.80. The molecule has 1 amide bonds. The highest BCUT2D eigenvalue weighted by atomic mass is 19.1. The topological polar surface area (TPSA) is 66.4 Å². The molecule has 92 valence electrons. The van der Waals surface area contributed by atoms with E-state index in [9.17, 15) is 14.0 Å². The van der Waals surface area contributed by atoms with Crippen LogP contribution in [0, 0.1) is 5.82 Å². The quantitative estimate of drug-likeness (QED) is 0.791. The Labute approximate surface area is 98.8 Å². The van der Waals surface area contributed by atoms with Crippen molar-refractivity contribution in [3.63, 3.8) is 0 Å². The molecule has 1 rings (SSSR count). The number of carboxylic acid groups (broad SMARTS) is 1. The molecule has 1 aromatic carbocycles.